The minimum absolute atomic E-state index is 0.135. The topological polar surface area (TPSA) is 26.3 Å². The van der Waals surface area contributed by atoms with Crippen LogP contribution in [0.25, 0.3) is 0 Å². The van der Waals surface area contributed by atoms with Crippen molar-refractivity contribution in [1.29, 1.82) is 0 Å². The molecular formula is C8H16NO-. The highest BCUT2D eigenvalue weighted by Crippen LogP contribution is 2.39. The van der Waals surface area contributed by atoms with Gasteiger partial charge in [0.1, 0.15) is 0 Å². The standard InChI is InChI=1S/C8H16NO/c1-7(2)5-8(3,4)9(10)6-7/h5-6H2,1-4H3/q-1. The lowest BCUT2D eigenvalue weighted by molar-refractivity contribution is 0.250. The highest BCUT2D eigenvalue weighted by atomic mass is 16.5. The van der Waals surface area contributed by atoms with Crippen molar-refractivity contribution in [2.75, 3.05) is 6.54 Å². The highest BCUT2D eigenvalue weighted by molar-refractivity contribution is 4.97. The van der Waals surface area contributed by atoms with Crippen LogP contribution in [-0.4, -0.2) is 17.1 Å². The van der Waals surface area contributed by atoms with Gasteiger partial charge in [0.25, 0.3) is 0 Å². The highest BCUT2D eigenvalue weighted by Gasteiger charge is 2.37. The van der Waals surface area contributed by atoms with Gasteiger partial charge in [-0.25, -0.2) is 0 Å². The molecule has 1 fully saturated rings. The second-order valence-corrected chi connectivity index (χ2v) is 4.69. The summed E-state index contributed by atoms with van der Waals surface area (Å²) >= 11 is 0. The molecule has 1 rings (SSSR count). The predicted molar refractivity (Wildman–Crippen MR) is 42.6 cm³/mol. The van der Waals surface area contributed by atoms with Gasteiger partial charge in [0.2, 0.25) is 0 Å². The molecule has 0 unspecified atom stereocenters. The fourth-order valence-electron chi connectivity index (χ4n) is 1.92. The summed E-state index contributed by atoms with van der Waals surface area (Å²) in [6.07, 6.45) is 1.00. The molecule has 0 atom stereocenters. The van der Waals surface area contributed by atoms with Crippen molar-refractivity contribution in [2.45, 2.75) is 39.7 Å². The average molecular weight is 142 g/mol. The van der Waals surface area contributed by atoms with E-state index in [4.69, 9.17) is 0 Å². The Balaban J connectivity index is 2.71. The molecule has 0 aromatic carbocycles. The molecule has 0 bridgehead atoms. The third-order valence-corrected chi connectivity index (χ3v) is 2.16. The van der Waals surface area contributed by atoms with Gasteiger partial charge >= 0.3 is 0 Å². The molecule has 1 aliphatic heterocycles. The molecule has 0 radical (unpaired) electrons. The lowest BCUT2D eigenvalue weighted by Crippen LogP contribution is -2.32. The number of hydrogen-bond acceptors (Lipinski definition) is 2. The number of nitrogens with zero attached hydrogens (tertiary/aromatic N) is 1. The van der Waals surface area contributed by atoms with Gasteiger partial charge < -0.3 is 10.3 Å². The van der Waals surface area contributed by atoms with E-state index in [0.717, 1.165) is 6.42 Å². The maximum absolute atomic E-state index is 11.2. The van der Waals surface area contributed by atoms with E-state index >= 15 is 0 Å². The summed E-state index contributed by atoms with van der Waals surface area (Å²) in [5, 5.41) is 12.4. The van der Waals surface area contributed by atoms with E-state index in [2.05, 4.69) is 13.8 Å². The zero-order chi connectivity index (χ0) is 7.99. The Morgan fingerprint density at radius 1 is 1.20 bits per heavy atom. The first-order valence-electron chi connectivity index (χ1n) is 3.78. The summed E-state index contributed by atoms with van der Waals surface area (Å²) in [4.78, 5) is 0. The molecule has 1 aliphatic rings. The first-order valence-corrected chi connectivity index (χ1v) is 3.78. The Morgan fingerprint density at radius 2 is 1.70 bits per heavy atom. The third kappa shape index (κ3) is 1.32. The van der Waals surface area contributed by atoms with Gasteiger partial charge in [0.05, 0.1) is 0 Å². The van der Waals surface area contributed by atoms with Crippen molar-refractivity contribution in [3.05, 3.63) is 5.21 Å². The van der Waals surface area contributed by atoms with Crippen LogP contribution in [0.3, 0.4) is 0 Å². The Morgan fingerprint density at radius 3 is 1.80 bits per heavy atom. The molecule has 2 heteroatoms. The Bertz CT molecular complexity index is 140. The molecule has 60 valence electrons. The smallest absolute Gasteiger partial charge is 0.00387 e. The fraction of sp³-hybridized carbons (Fsp3) is 1.00. The molecule has 0 aromatic rings. The summed E-state index contributed by atoms with van der Waals surface area (Å²) < 4.78 is 0. The summed E-state index contributed by atoms with van der Waals surface area (Å²) in [6.45, 7) is 8.99. The summed E-state index contributed by atoms with van der Waals surface area (Å²) in [6, 6.07) is 0. The van der Waals surface area contributed by atoms with Gasteiger partial charge in [0, 0.05) is 5.54 Å². The molecule has 0 spiro atoms. The van der Waals surface area contributed by atoms with Crippen LogP contribution in [0, 0.1) is 10.6 Å². The second kappa shape index (κ2) is 1.95. The monoisotopic (exact) mass is 142 g/mol. The van der Waals surface area contributed by atoms with Crippen LogP contribution in [0.4, 0.5) is 0 Å². The SMILES string of the molecule is CC1(C)CN([O-])C(C)(C)C1. The van der Waals surface area contributed by atoms with Crippen LogP contribution < -0.4 is 0 Å². The third-order valence-electron chi connectivity index (χ3n) is 2.16. The summed E-state index contributed by atoms with van der Waals surface area (Å²) in [7, 11) is 0. The van der Waals surface area contributed by atoms with Gasteiger partial charge in [-0.15, -0.1) is 0 Å². The maximum Gasteiger partial charge on any atom is 0.00387 e. The molecule has 0 N–H and O–H groups in total. The van der Waals surface area contributed by atoms with E-state index in [-0.39, 0.29) is 11.0 Å². The van der Waals surface area contributed by atoms with Crippen molar-refractivity contribution >= 4 is 0 Å². The van der Waals surface area contributed by atoms with E-state index in [1.54, 1.807) is 0 Å². The van der Waals surface area contributed by atoms with Gasteiger partial charge in [-0.3, -0.25) is 0 Å². The maximum atomic E-state index is 11.2. The van der Waals surface area contributed by atoms with E-state index in [9.17, 15) is 5.21 Å². The van der Waals surface area contributed by atoms with Crippen molar-refractivity contribution in [2.24, 2.45) is 5.41 Å². The molecule has 10 heavy (non-hydrogen) atoms. The van der Waals surface area contributed by atoms with Crippen molar-refractivity contribution in [1.82, 2.24) is 5.06 Å². The van der Waals surface area contributed by atoms with E-state index in [1.807, 2.05) is 13.8 Å². The number of hydrogen-bond donors (Lipinski definition) is 0. The molecule has 1 heterocycles. The normalized spacial score (nSPS) is 30.9. The van der Waals surface area contributed by atoms with E-state index < -0.39 is 0 Å². The van der Waals surface area contributed by atoms with Crippen molar-refractivity contribution in [3.8, 4) is 0 Å². The fourth-order valence-corrected chi connectivity index (χ4v) is 1.92. The van der Waals surface area contributed by atoms with E-state index in [1.165, 1.54) is 5.06 Å². The molecule has 0 amide bonds. The molecule has 2 nitrogen and oxygen atoms in total. The first kappa shape index (κ1) is 8.02. The molecule has 0 aliphatic carbocycles. The minimum atomic E-state index is -0.135. The van der Waals surface area contributed by atoms with Crippen LogP contribution in [0.15, 0.2) is 0 Å². The number of hydroxylamine groups is 2. The Kier molecular flexibility index (Phi) is 1.57. The van der Waals surface area contributed by atoms with Gasteiger partial charge in [0.15, 0.2) is 0 Å². The minimum Gasteiger partial charge on any atom is -0.785 e. The molecule has 0 saturated carbocycles. The van der Waals surface area contributed by atoms with Crippen LogP contribution in [-0.2, 0) is 0 Å². The van der Waals surface area contributed by atoms with Crippen LogP contribution >= 0.6 is 0 Å². The van der Waals surface area contributed by atoms with Gasteiger partial charge in [-0.05, 0) is 32.2 Å². The van der Waals surface area contributed by atoms with Crippen LogP contribution in [0.5, 0.6) is 0 Å². The lowest BCUT2D eigenvalue weighted by Gasteiger charge is -2.36. The zero-order valence-corrected chi connectivity index (χ0v) is 7.27. The van der Waals surface area contributed by atoms with Crippen molar-refractivity contribution in [3.63, 3.8) is 0 Å². The Hall–Kier alpha value is -0.0800. The van der Waals surface area contributed by atoms with Gasteiger partial charge in [-0.2, -0.15) is 0 Å². The number of rotatable bonds is 0. The lowest BCUT2D eigenvalue weighted by atomic mass is 9.86. The quantitative estimate of drug-likeness (QED) is 0.517. The van der Waals surface area contributed by atoms with Crippen molar-refractivity contribution < 1.29 is 0 Å². The first-order chi connectivity index (χ1) is 4.33. The zero-order valence-electron chi connectivity index (χ0n) is 7.27. The predicted octanol–water partition coefficient (Wildman–Crippen LogP) is 1.99. The molecular weight excluding hydrogens is 126 g/mol. The molecule has 1 saturated heterocycles. The second-order valence-electron chi connectivity index (χ2n) is 4.69. The summed E-state index contributed by atoms with van der Waals surface area (Å²) in [5.74, 6) is 0. The Labute approximate surface area is 62.8 Å². The van der Waals surface area contributed by atoms with Gasteiger partial charge in [-0.1, -0.05) is 13.8 Å². The molecule has 0 aromatic heterocycles. The largest absolute Gasteiger partial charge is 0.785 e. The summed E-state index contributed by atoms with van der Waals surface area (Å²) in [5.41, 5.74) is 0.0781. The average Bonchev–Trinajstić information content (AvgIpc) is 1.73. The van der Waals surface area contributed by atoms with Crippen LogP contribution in [0.1, 0.15) is 34.1 Å². The van der Waals surface area contributed by atoms with Crippen LogP contribution in [0.2, 0.25) is 0 Å². The van der Waals surface area contributed by atoms with E-state index in [0.29, 0.717) is 6.54 Å².